The van der Waals surface area contributed by atoms with Crippen molar-refractivity contribution in [3.63, 3.8) is 0 Å². The fourth-order valence-electron chi connectivity index (χ4n) is 3.05. The lowest BCUT2D eigenvalue weighted by Gasteiger charge is -2.18. The highest BCUT2D eigenvalue weighted by molar-refractivity contribution is 7.98. The maximum Gasteiger partial charge on any atom is 0.287 e. The van der Waals surface area contributed by atoms with Crippen molar-refractivity contribution in [3.8, 4) is 0 Å². The minimum atomic E-state index is -0.244. The first-order valence-electron chi connectivity index (χ1n) is 10.0. The van der Waals surface area contributed by atoms with Crippen LogP contribution in [0.5, 0.6) is 0 Å². The zero-order valence-corrected chi connectivity index (χ0v) is 18.1. The summed E-state index contributed by atoms with van der Waals surface area (Å²) in [6.45, 7) is 5.66. The van der Waals surface area contributed by atoms with E-state index in [0.29, 0.717) is 36.7 Å². The largest absolute Gasteiger partial charge is 0.459 e. The fourth-order valence-corrected chi connectivity index (χ4v) is 3.95. The van der Waals surface area contributed by atoms with Crippen LogP contribution in [0.1, 0.15) is 45.9 Å². The Morgan fingerprint density at radius 3 is 2.33 bits per heavy atom. The summed E-state index contributed by atoms with van der Waals surface area (Å²) in [7, 11) is 0. The van der Waals surface area contributed by atoms with Gasteiger partial charge < -0.3 is 14.6 Å². The molecule has 0 aliphatic carbocycles. The highest BCUT2D eigenvalue weighted by Gasteiger charge is 2.16. The summed E-state index contributed by atoms with van der Waals surface area (Å²) in [6, 6.07) is 19.2. The van der Waals surface area contributed by atoms with E-state index in [2.05, 4.69) is 5.32 Å². The predicted octanol–water partition coefficient (Wildman–Crippen LogP) is 4.98. The molecular formula is C24H26N2O3S. The van der Waals surface area contributed by atoms with Crippen LogP contribution >= 0.6 is 11.8 Å². The molecule has 1 aromatic heterocycles. The van der Waals surface area contributed by atoms with Crippen LogP contribution in [0.3, 0.4) is 0 Å². The number of hydrogen-bond donors (Lipinski definition) is 1. The van der Waals surface area contributed by atoms with E-state index < -0.39 is 0 Å². The Morgan fingerprint density at radius 2 is 1.67 bits per heavy atom. The molecule has 3 aromatic rings. The molecular weight excluding hydrogens is 396 g/mol. The number of carbonyl (C=O) groups excluding carboxylic acids is 2. The van der Waals surface area contributed by atoms with Gasteiger partial charge in [-0.25, -0.2) is 0 Å². The van der Waals surface area contributed by atoms with Crippen LogP contribution in [-0.2, 0) is 12.3 Å². The first-order chi connectivity index (χ1) is 14.6. The van der Waals surface area contributed by atoms with E-state index in [-0.39, 0.29) is 11.8 Å². The molecule has 30 heavy (non-hydrogen) atoms. The highest BCUT2D eigenvalue weighted by Crippen LogP contribution is 2.24. The van der Waals surface area contributed by atoms with E-state index in [0.717, 1.165) is 16.0 Å². The van der Waals surface area contributed by atoms with E-state index in [4.69, 9.17) is 4.42 Å². The van der Waals surface area contributed by atoms with Crippen LogP contribution in [0.2, 0.25) is 0 Å². The molecule has 0 spiro atoms. The zero-order chi connectivity index (χ0) is 21.3. The third kappa shape index (κ3) is 5.54. The number of thioether (sulfide) groups is 1. The van der Waals surface area contributed by atoms with E-state index >= 15 is 0 Å². The van der Waals surface area contributed by atoms with E-state index in [9.17, 15) is 9.59 Å². The molecule has 0 bridgehead atoms. The number of amides is 2. The van der Waals surface area contributed by atoms with Crippen LogP contribution < -0.4 is 5.32 Å². The molecule has 0 aliphatic heterocycles. The van der Waals surface area contributed by atoms with Crippen molar-refractivity contribution < 1.29 is 14.0 Å². The Balaban J connectivity index is 1.56. The first-order valence-corrected chi connectivity index (χ1v) is 11.0. The number of rotatable bonds is 9. The second-order valence-electron chi connectivity index (χ2n) is 6.73. The lowest BCUT2D eigenvalue weighted by molar-refractivity contribution is 0.0772. The van der Waals surface area contributed by atoms with Crippen LogP contribution in [0.25, 0.3) is 0 Å². The Kier molecular flexibility index (Phi) is 7.74. The van der Waals surface area contributed by atoms with Crippen LogP contribution in [0.15, 0.2) is 76.2 Å². The molecule has 1 heterocycles. The molecule has 0 radical (unpaired) electrons. The lowest BCUT2D eigenvalue weighted by atomic mass is 10.1. The van der Waals surface area contributed by atoms with Gasteiger partial charge in [-0.05, 0) is 49.7 Å². The molecule has 0 atom stereocenters. The van der Waals surface area contributed by atoms with Gasteiger partial charge in [-0.3, -0.25) is 9.59 Å². The van der Waals surface area contributed by atoms with Crippen molar-refractivity contribution in [2.45, 2.75) is 31.0 Å². The van der Waals surface area contributed by atoms with Crippen LogP contribution in [0, 0.1) is 0 Å². The van der Waals surface area contributed by atoms with Gasteiger partial charge in [0.05, 0.1) is 6.26 Å². The van der Waals surface area contributed by atoms with Gasteiger partial charge >= 0.3 is 0 Å². The number of hydrogen-bond acceptors (Lipinski definition) is 4. The first kappa shape index (κ1) is 21.7. The van der Waals surface area contributed by atoms with Crippen molar-refractivity contribution in [1.82, 2.24) is 10.2 Å². The molecule has 2 amide bonds. The number of benzene rings is 2. The summed E-state index contributed by atoms with van der Waals surface area (Å²) >= 11 is 1.66. The van der Waals surface area contributed by atoms with Crippen molar-refractivity contribution in [1.29, 1.82) is 0 Å². The molecule has 2 aromatic carbocycles. The monoisotopic (exact) mass is 422 g/mol. The second kappa shape index (κ2) is 10.7. The molecule has 0 unspecified atom stereocenters. The van der Waals surface area contributed by atoms with Gasteiger partial charge in [-0.15, -0.1) is 11.8 Å². The molecule has 5 nitrogen and oxygen atoms in total. The van der Waals surface area contributed by atoms with Crippen molar-refractivity contribution in [2.24, 2.45) is 0 Å². The van der Waals surface area contributed by atoms with Crippen molar-refractivity contribution in [2.75, 3.05) is 13.1 Å². The maximum absolute atomic E-state index is 12.6. The minimum Gasteiger partial charge on any atom is -0.459 e. The van der Waals surface area contributed by atoms with Crippen LogP contribution in [-0.4, -0.2) is 29.8 Å². The summed E-state index contributed by atoms with van der Waals surface area (Å²) < 4.78 is 5.43. The Morgan fingerprint density at radius 1 is 0.967 bits per heavy atom. The number of furan rings is 1. The van der Waals surface area contributed by atoms with Gasteiger partial charge in [-0.2, -0.15) is 0 Å². The molecule has 0 fully saturated rings. The standard InChI is InChI=1S/C24H26N2O3S/c1-3-26(4-2)24(28)19-12-10-18(11-13-19)16-25-23(27)22-20(14-15-29-22)17-30-21-8-6-5-7-9-21/h5-15H,3-4,16-17H2,1-2H3,(H,25,27). The molecule has 6 heteroatoms. The normalized spacial score (nSPS) is 10.6. The van der Waals surface area contributed by atoms with Gasteiger partial charge in [0.25, 0.3) is 11.8 Å². The quantitative estimate of drug-likeness (QED) is 0.494. The lowest BCUT2D eigenvalue weighted by Crippen LogP contribution is -2.30. The molecule has 1 N–H and O–H groups in total. The highest BCUT2D eigenvalue weighted by atomic mass is 32.2. The van der Waals surface area contributed by atoms with Crippen molar-refractivity contribution in [3.05, 3.63) is 89.4 Å². The number of carbonyl (C=O) groups is 2. The summed E-state index contributed by atoms with van der Waals surface area (Å²) in [5, 5.41) is 2.90. The smallest absolute Gasteiger partial charge is 0.287 e. The third-order valence-corrected chi connectivity index (χ3v) is 5.86. The zero-order valence-electron chi connectivity index (χ0n) is 17.3. The summed E-state index contributed by atoms with van der Waals surface area (Å²) in [5.74, 6) is 0.774. The molecule has 3 rings (SSSR count). The third-order valence-electron chi connectivity index (χ3n) is 4.80. The summed E-state index contributed by atoms with van der Waals surface area (Å²) in [5.41, 5.74) is 2.44. The average molecular weight is 423 g/mol. The summed E-state index contributed by atoms with van der Waals surface area (Å²) in [6.07, 6.45) is 1.55. The van der Waals surface area contributed by atoms with Gasteiger partial charge in [0, 0.05) is 41.4 Å². The van der Waals surface area contributed by atoms with Gasteiger partial charge in [0.2, 0.25) is 0 Å². The number of nitrogens with zero attached hydrogens (tertiary/aromatic N) is 1. The average Bonchev–Trinajstić information content (AvgIpc) is 3.26. The number of nitrogens with one attached hydrogen (secondary N) is 1. The minimum absolute atomic E-state index is 0.0201. The second-order valence-corrected chi connectivity index (χ2v) is 7.78. The molecule has 156 valence electrons. The topological polar surface area (TPSA) is 62.6 Å². The van der Waals surface area contributed by atoms with Crippen molar-refractivity contribution >= 4 is 23.6 Å². The predicted molar refractivity (Wildman–Crippen MR) is 120 cm³/mol. The van der Waals surface area contributed by atoms with Gasteiger partial charge in [0.15, 0.2) is 5.76 Å². The van der Waals surface area contributed by atoms with E-state index in [1.54, 1.807) is 35.1 Å². The van der Waals surface area contributed by atoms with E-state index in [1.165, 1.54) is 0 Å². The Labute approximate surface area is 181 Å². The van der Waals surface area contributed by atoms with E-state index in [1.807, 2.05) is 62.4 Å². The molecule has 0 saturated carbocycles. The van der Waals surface area contributed by atoms with Gasteiger partial charge in [-0.1, -0.05) is 30.3 Å². The van der Waals surface area contributed by atoms with Gasteiger partial charge in [0.1, 0.15) is 0 Å². The maximum atomic E-state index is 12.6. The fraction of sp³-hybridized carbons (Fsp3) is 0.250. The molecule has 0 aliphatic rings. The Hall–Kier alpha value is -2.99. The summed E-state index contributed by atoms with van der Waals surface area (Å²) in [4.78, 5) is 27.9. The molecule has 0 saturated heterocycles. The SMILES string of the molecule is CCN(CC)C(=O)c1ccc(CNC(=O)c2occc2CSc2ccccc2)cc1. The van der Waals surface area contributed by atoms with Crippen LogP contribution in [0.4, 0.5) is 0 Å². The Bertz CT molecular complexity index is 964.